The van der Waals surface area contributed by atoms with Gasteiger partial charge in [0.2, 0.25) is 17.7 Å². The third-order valence-corrected chi connectivity index (χ3v) is 15.2. The van der Waals surface area contributed by atoms with Crippen LogP contribution >= 0.6 is 0 Å². The summed E-state index contributed by atoms with van der Waals surface area (Å²) in [7, 11) is 0. The fourth-order valence-electron chi connectivity index (χ4n) is 9.86. The topological polar surface area (TPSA) is 199 Å². The van der Waals surface area contributed by atoms with Crippen molar-refractivity contribution in [1.29, 1.82) is 5.41 Å². The van der Waals surface area contributed by atoms with Gasteiger partial charge < -0.3 is 10.2 Å². The second kappa shape index (κ2) is 20.9. The molecular formula is C46H59F2InN10O5+. The Balaban J connectivity index is 0.954. The first kappa shape index (κ1) is 47.0. The van der Waals surface area contributed by atoms with Gasteiger partial charge in [-0.1, -0.05) is 6.07 Å². The molecule has 4 amide bonds. The van der Waals surface area contributed by atoms with Crippen molar-refractivity contribution in [3.63, 3.8) is 0 Å². The minimum absolute atomic E-state index is 0.0356. The molecule has 3 aromatic rings. The molecule has 4 aliphatic heterocycles. The number of piperidine rings is 3. The number of benzene rings is 2. The number of halogens is 2. The van der Waals surface area contributed by atoms with Crippen LogP contribution in [0, 0.1) is 18.3 Å². The van der Waals surface area contributed by atoms with Gasteiger partial charge in [-0.2, -0.15) is 0 Å². The van der Waals surface area contributed by atoms with Gasteiger partial charge in [-0.05, 0) is 51.2 Å². The molecule has 7 rings (SSSR count). The molecule has 339 valence electrons. The first-order valence-corrected chi connectivity index (χ1v) is 27.7. The summed E-state index contributed by atoms with van der Waals surface area (Å²) in [4.78, 5) is 72.5. The van der Waals surface area contributed by atoms with E-state index in [0.717, 1.165) is 31.2 Å². The normalized spacial score (nSPS) is 21.7. The number of rotatable bonds is 14. The number of anilines is 1. The van der Waals surface area contributed by atoms with Crippen molar-refractivity contribution in [2.24, 2.45) is 11.7 Å². The number of aryl methyl sites for hydroxylation is 2. The number of carbonyl (C=O) groups is 4. The molecule has 4 aliphatic rings. The molecule has 3 unspecified atom stereocenters. The van der Waals surface area contributed by atoms with Gasteiger partial charge in [-0.25, -0.2) is 4.98 Å². The van der Waals surface area contributed by atoms with Gasteiger partial charge in [0.25, 0.3) is 5.56 Å². The van der Waals surface area contributed by atoms with Crippen molar-refractivity contribution in [1.82, 2.24) is 30.0 Å². The molecule has 3 saturated heterocycles. The summed E-state index contributed by atoms with van der Waals surface area (Å²) in [5.41, 5.74) is 10.3. The van der Waals surface area contributed by atoms with E-state index in [2.05, 4.69) is 25.6 Å². The number of unbranched alkanes of at least 4 members (excludes halogenated alkanes) is 1. The van der Waals surface area contributed by atoms with E-state index in [4.69, 9.17) is 11.1 Å². The fourth-order valence-corrected chi connectivity index (χ4v) is 11.7. The monoisotopic (exact) mass is 984 g/mol. The van der Waals surface area contributed by atoms with Crippen LogP contribution in [-0.4, -0.2) is 134 Å². The third-order valence-electron chi connectivity index (χ3n) is 13.2. The zero-order valence-electron chi connectivity index (χ0n) is 36.9. The number of allylic oxidation sites excluding steroid dienone is 1. The number of hydrogen-bond acceptors (Lipinski definition) is 9. The van der Waals surface area contributed by atoms with Gasteiger partial charge in [0.1, 0.15) is 11.9 Å². The van der Waals surface area contributed by atoms with E-state index in [1.807, 2.05) is 30.3 Å². The number of amidine groups is 1. The maximum atomic E-state index is 14.6. The van der Waals surface area contributed by atoms with Crippen LogP contribution in [0.1, 0.15) is 99.7 Å². The number of aromatic nitrogens is 2. The molecule has 3 atom stereocenters. The van der Waals surface area contributed by atoms with Crippen LogP contribution in [0.4, 0.5) is 20.2 Å². The molecular weight excluding hydrogens is 925 g/mol. The average Bonchev–Trinajstić information content (AvgIpc) is 3.28. The Labute approximate surface area is 383 Å². The Morgan fingerprint density at radius 3 is 2.55 bits per heavy atom. The summed E-state index contributed by atoms with van der Waals surface area (Å²) >= 11 is -1.08. The van der Waals surface area contributed by atoms with Gasteiger partial charge >= 0.3 is 187 Å². The van der Waals surface area contributed by atoms with Crippen molar-refractivity contribution in [3.8, 4) is 0 Å². The molecule has 0 aliphatic carbocycles. The number of hydrogen-bond donors (Lipinski definition) is 5. The fraction of sp³-hybridized carbons (Fsp3) is 0.522. The van der Waals surface area contributed by atoms with Crippen LogP contribution in [0.25, 0.3) is 16.5 Å². The SMILES string of the molecule is [CH3][In]/[CH]=C(\C=N)c1cc2c(cc1C(F)F)[N+](=C(N)C1CN(C(C)=O)CCC1NC1CCN(C(=O)CCCCNc3cccc4nc(C)n(C5CCC(=O)NC5=O)c(=O)c34)CC1)CCC2. The Morgan fingerprint density at radius 2 is 1.84 bits per heavy atom. The van der Waals surface area contributed by atoms with Crippen LogP contribution in [0.15, 0.2) is 39.0 Å². The molecule has 18 heteroatoms. The third kappa shape index (κ3) is 10.3. The van der Waals surface area contributed by atoms with E-state index >= 15 is 0 Å². The maximum absolute atomic E-state index is 14.6. The van der Waals surface area contributed by atoms with Crippen molar-refractivity contribution >= 4 is 86.4 Å². The zero-order chi connectivity index (χ0) is 45.7. The number of fused-ring (bicyclic) bond motifs is 2. The molecule has 64 heavy (non-hydrogen) atoms. The first-order chi connectivity index (χ1) is 30.8. The molecule has 15 nitrogen and oxygen atoms in total. The number of likely N-dealkylation sites (tertiary alicyclic amines) is 2. The molecule has 0 saturated carbocycles. The summed E-state index contributed by atoms with van der Waals surface area (Å²) in [6.07, 6.45) is 4.28. The van der Waals surface area contributed by atoms with Crippen molar-refractivity contribution in [2.75, 3.05) is 44.6 Å². The van der Waals surface area contributed by atoms with Crippen LogP contribution < -0.4 is 27.2 Å². The van der Waals surface area contributed by atoms with Crippen LogP contribution in [0.5, 0.6) is 0 Å². The molecule has 2 aromatic carbocycles. The Morgan fingerprint density at radius 1 is 1.08 bits per heavy atom. The number of nitrogens with two attached hydrogens (primary N) is 1. The average molecular weight is 985 g/mol. The van der Waals surface area contributed by atoms with E-state index in [-0.39, 0.29) is 59.7 Å². The summed E-state index contributed by atoms with van der Waals surface area (Å²) in [6.45, 7) is 6.55. The molecule has 1 radical (unpaired) electrons. The van der Waals surface area contributed by atoms with E-state index in [1.54, 1.807) is 32.0 Å². The van der Waals surface area contributed by atoms with Gasteiger partial charge in [-0.3, -0.25) is 33.9 Å². The van der Waals surface area contributed by atoms with E-state index < -0.39 is 41.3 Å². The van der Waals surface area contributed by atoms with Crippen LogP contribution in [-0.2, 0) is 25.6 Å². The molecule has 5 heterocycles. The minimum atomic E-state index is -2.72. The summed E-state index contributed by atoms with van der Waals surface area (Å²) in [6, 6.07) is 8.03. The number of carbonyl (C=O) groups excluding carboxylic acids is 4. The van der Waals surface area contributed by atoms with E-state index in [0.29, 0.717) is 110 Å². The van der Waals surface area contributed by atoms with Gasteiger partial charge in [0.05, 0.1) is 10.9 Å². The molecule has 6 N–H and O–H groups in total. The number of imide groups is 1. The predicted octanol–water partition coefficient (Wildman–Crippen LogP) is 4.41. The zero-order valence-corrected chi connectivity index (χ0v) is 40.2. The van der Waals surface area contributed by atoms with Crippen molar-refractivity contribution in [2.45, 2.75) is 107 Å². The summed E-state index contributed by atoms with van der Waals surface area (Å²) < 4.78 is 36.6. The number of nitrogens with zero attached hydrogens (tertiary/aromatic N) is 5. The van der Waals surface area contributed by atoms with Crippen LogP contribution in [0.2, 0.25) is 4.68 Å². The number of nitrogens with one attached hydrogen (secondary N) is 4. The second-order valence-corrected chi connectivity index (χ2v) is 20.2. The predicted molar refractivity (Wildman–Crippen MR) is 243 cm³/mol. The quantitative estimate of drug-likeness (QED) is 0.0511. The van der Waals surface area contributed by atoms with Gasteiger partial charge in [0.15, 0.2) is 0 Å². The van der Waals surface area contributed by atoms with E-state index in [9.17, 15) is 32.8 Å². The van der Waals surface area contributed by atoms with Crippen molar-refractivity contribution in [3.05, 3.63) is 67.0 Å². The summed E-state index contributed by atoms with van der Waals surface area (Å²) in [5.74, 6) is -0.105. The number of alkyl halides is 2. The second-order valence-electron chi connectivity index (χ2n) is 17.3. The van der Waals surface area contributed by atoms with E-state index in [1.165, 1.54) is 10.8 Å². The summed E-state index contributed by atoms with van der Waals surface area (Å²) in [5, 5.41) is 17.8. The first-order valence-electron chi connectivity index (χ1n) is 22.5. The Kier molecular flexibility index (Phi) is 15.4. The molecule has 0 bridgehead atoms. The Bertz CT molecular complexity index is 2430. The van der Waals surface area contributed by atoms with Crippen molar-refractivity contribution < 1.29 is 32.5 Å². The van der Waals surface area contributed by atoms with Gasteiger partial charge in [0, 0.05) is 45.1 Å². The number of amides is 4. The van der Waals surface area contributed by atoms with Gasteiger partial charge in [-0.15, -0.1) is 0 Å². The molecule has 3 fully saturated rings. The Hall–Kier alpha value is -4.97. The van der Waals surface area contributed by atoms with Crippen LogP contribution in [0.3, 0.4) is 0 Å². The molecule has 1 aromatic heterocycles. The molecule has 0 spiro atoms. The standard InChI is InChI=1S/C45H55F2N10O5.CH3.In/c1-26(24-48)31-22-29-8-7-18-56(38(29)23-32(31)42(46)47)43(49)33-25-55(28(3)58)21-16-34(33)52-30-14-19-54(20-15-30)40(60)11-4-5-17-50-35-9-6-10-36-41(35)45(62)57(27(2)51-36)37-12-13-39(59)53-44(37)61;;/h1,6,9-10,22-24,30,33-34,37,42,48-49,52H,4-5,7-8,11-21,25H2,2-3H3,(H2,50,53,59,61,62);1H3;/p+1.